The third-order valence-electron chi connectivity index (χ3n) is 9.88. The van der Waals surface area contributed by atoms with E-state index in [0.717, 1.165) is 40.5 Å². The zero-order valence-electron chi connectivity index (χ0n) is 31.6. The Morgan fingerprint density at radius 3 is 1.53 bits per heavy atom. The van der Waals surface area contributed by atoms with Crippen molar-refractivity contribution in [1.29, 1.82) is 5.26 Å². The normalized spacial score (nSPS) is 14.1. The summed E-state index contributed by atoms with van der Waals surface area (Å²) in [6.45, 7) is 4.97. The first kappa shape index (κ1) is 39.6. The lowest BCUT2D eigenvalue weighted by Gasteiger charge is -2.34. The first-order valence-corrected chi connectivity index (χ1v) is 18.6. The van der Waals surface area contributed by atoms with Crippen molar-refractivity contribution in [3.63, 3.8) is 0 Å². The van der Waals surface area contributed by atoms with Gasteiger partial charge in [0.2, 0.25) is 0 Å². The smallest absolute Gasteiger partial charge is 0.338 e. The molecule has 0 saturated carbocycles. The van der Waals surface area contributed by atoms with Crippen LogP contribution in [0.3, 0.4) is 0 Å². The number of carbonyl (C=O) groups excluding carboxylic acids is 5. The van der Waals surface area contributed by atoms with Crippen LogP contribution in [0.2, 0.25) is 0 Å². The molecule has 13 nitrogen and oxygen atoms in total. The molecule has 2 aliphatic rings. The van der Waals surface area contributed by atoms with E-state index in [4.69, 9.17) is 5.26 Å². The van der Waals surface area contributed by atoms with E-state index in [2.05, 4.69) is 25.7 Å². The van der Waals surface area contributed by atoms with Crippen LogP contribution in [0.25, 0.3) is 21.8 Å². The SMILES string of the molecule is COC(=O)c1cccc2[nH]ccc12.N#CCN1CCN(C(=O)c2ccccc2)CC1.O=C(C(=O)N1CCN(C(=O)c2ccccc2)CC1)c1cccc2[nH]ccc12. The Morgan fingerprint density at radius 2 is 1.04 bits per heavy atom. The fourth-order valence-electron chi connectivity index (χ4n) is 6.76. The molecule has 57 heavy (non-hydrogen) atoms. The summed E-state index contributed by atoms with van der Waals surface area (Å²) in [5.41, 5.74) is 4.14. The summed E-state index contributed by atoms with van der Waals surface area (Å²) in [6.07, 6.45) is 3.55. The van der Waals surface area contributed by atoms with Crippen LogP contribution in [-0.4, -0.2) is 125 Å². The molecule has 2 aromatic heterocycles. The Balaban J connectivity index is 0.000000157. The number of ether oxygens (including phenoxy) is 1. The molecule has 0 spiro atoms. The molecule has 0 bridgehead atoms. The molecule has 0 aliphatic carbocycles. The van der Waals surface area contributed by atoms with Crippen molar-refractivity contribution in [2.75, 3.05) is 66.0 Å². The molecule has 2 saturated heterocycles. The topological polar surface area (TPSA) is 163 Å². The second-order valence-corrected chi connectivity index (χ2v) is 13.4. The van der Waals surface area contributed by atoms with Crippen molar-refractivity contribution in [1.82, 2.24) is 29.6 Å². The average Bonchev–Trinajstić information content (AvgIpc) is 3.97. The second-order valence-electron chi connectivity index (χ2n) is 13.4. The van der Waals surface area contributed by atoms with Gasteiger partial charge in [0, 0.05) is 103 Å². The van der Waals surface area contributed by atoms with Crippen LogP contribution in [0.4, 0.5) is 0 Å². The minimum Gasteiger partial charge on any atom is -0.465 e. The van der Waals surface area contributed by atoms with Gasteiger partial charge in [-0.3, -0.25) is 24.1 Å². The summed E-state index contributed by atoms with van der Waals surface area (Å²) in [4.78, 5) is 74.5. The predicted molar refractivity (Wildman–Crippen MR) is 216 cm³/mol. The van der Waals surface area contributed by atoms with Crippen molar-refractivity contribution < 1.29 is 28.7 Å². The number of aromatic amines is 2. The summed E-state index contributed by atoms with van der Waals surface area (Å²) < 4.78 is 4.66. The number of aromatic nitrogens is 2. The van der Waals surface area contributed by atoms with Gasteiger partial charge >= 0.3 is 5.97 Å². The summed E-state index contributed by atoms with van der Waals surface area (Å²) in [5.74, 6) is -1.29. The number of ketones is 1. The van der Waals surface area contributed by atoms with E-state index >= 15 is 0 Å². The summed E-state index contributed by atoms with van der Waals surface area (Å²) in [7, 11) is 1.38. The number of hydrogen-bond acceptors (Lipinski definition) is 8. The van der Waals surface area contributed by atoms with Gasteiger partial charge < -0.3 is 29.4 Å². The molecule has 2 fully saturated rings. The molecule has 3 amide bonds. The number of nitriles is 1. The molecule has 13 heteroatoms. The number of hydrogen-bond donors (Lipinski definition) is 2. The van der Waals surface area contributed by atoms with Gasteiger partial charge in [-0.1, -0.05) is 54.6 Å². The van der Waals surface area contributed by atoms with Crippen LogP contribution in [0.5, 0.6) is 0 Å². The van der Waals surface area contributed by atoms with Crippen molar-refractivity contribution in [2.24, 2.45) is 0 Å². The van der Waals surface area contributed by atoms with Crippen molar-refractivity contribution in [3.8, 4) is 6.07 Å². The maximum atomic E-state index is 12.7. The molecule has 290 valence electrons. The van der Waals surface area contributed by atoms with E-state index in [1.165, 1.54) is 12.0 Å². The zero-order valence-corrected chi connectivity index (χ0v) is 31.6. The Morgan fingerprint density at radius 1 is 0.579 bits per heavy atom. The number of nitrogens with zero attached hydrogens (tertiary/aromatic N) is 5. The number of piperazine rings is 2. The van der Waals surface area contributed by atoms with E-state index in [1.807, 2.05) is 77.7 Å². The number of H-pyrrole nitrogens is 2. The van der Waals surface area contributed by atoms with E-state index in [-0.39, 0.29) is 17.8 Å². The first-order valence-electron chi connectivity index (χ1n) is 18.6. The van der Waals surface area contributed by atoms with E-state index in [1.54, 1.807) is 53.7 Å². The molecule has 0 radical (unpaired) electrons. The number of fused-ring (bicyclic) bond motifs is 2. The standard InChI is InChI=1S/C21H19N3O3.C13H15N3O.C10H9NO2/c25-19(17-7-4-8-18-16(17)9-10-22-18)21(27)24-13-11-23(12-14-24)20(26)15-5-2-1-3-6-15;14-6-7-15-8-10-16(11-9-15)13(17)12-4-2-1-3-5-12;1-13-10(12)8-3-2-4-9-7(8)5-6-11-9/h1-10,22H,11-14H2;1-5H,7-11H2;2-6,11H,1H3. The third kappa shape index (κ3) is 9.62. The lowest BCUT2D eigenvalue weighted by molar-refractivity contribution is -0.127. The van der Waals surface area contributed by atoms with Crippen LogP contribution < -0.4 is 0 Å². The maximum absolute atomic E-state index is 12.7. The zero-order chi connectivity index (χ0) is 40.1. The van der Waals surface area contributed by atoms with E-state index in [0.29, 0.717) is 62.5 Å². The molecule has 0 atom stereocenters. The molecule has 4 heterocycles. The number of benzene rings is 4. The van der Waals surface area contributed by atoms with Crippen LogP contribution >= 0.6 is 0 Å². The van der Waals surface area contributed by atoms with Gasteiger partial charge in [0.1, 0.15) is 0 Å². The lowest BCUT2D eigenvalue weighted by atomic mass is 10.0. The molecule has 8 rings (SSSR count). The summed E-state index contributed by atoms with van der Waals surface area (Å²) >= 11 is 0. The summed E-state index contributed by atoms with van der Waals surface area (Å²) in [6, 6.07) is 35.0. The largest absolute Gasteiger partial charge is 0.465 e. The highest BCUT2D eigenvalue weighted by Crippen LogP contribution is 2.20. The lowest BCUT2D eigenvalue weighted by Crippen LogP contribution is -2.52. The molecular weight excluding hydrogens is 723 g/mol. The van der Waals surface area contributed by atoms with Gasteiger partial charge in [0.15, 0.2) is 0 Å². The number of Topliss-reactive ketones (excluding diaryl/α,β-unsaturated/α-hetero) is 1. The van der Waals surface area contributed by atoms with Crippen LogP contribution in [0, 0.1) is 11.3 Å². The minimum atomic E-state index is -0.518. The van der Waals surface area contributed by atoms with E-state index in [9.17, 15) is 24.0 Å². The number of esters is 1. The molecule has 2 N–H and O–H groups in total. The second kappa shape index (κ2) is 19.0. The number of methoxy groups -OCH3 is 1. The van der Waals surface area contributed by atoms with Gasteiger partial charge in [-0.2, -0.15) is 5.26 Å². The molecule has 2 aliphatic heterocycles. The third-order valence-corrected chi connectivity index (χ3v) is 9.88. The average molecular weight is 766 g/mol. The van der Waals surface area contributed by atoms with Gasteiger partial charge in [-0.25, -0.2) is 4.79 Å². The Kier molecular flexibility index (Phi) is 13.2. The summed E-state index contributed by atoms with van der Waals surface area (Å²) in [5, 5.41) is 10.2. The molecule has 4 aromatic carbocycles. The van der Waals surface area contributed by atoms with Gasteiger partial charge in [0.05, 0.1) is 25.3 Å². The number of nitrogens with one attached hydrogen (secondary N) is 2. The first-order chi connectivity index (χ1) is 27.8. The molecule has 0 unspecified atom stereocenters. The van der Waals surface area contributed by atoms with Crippen molar-refractivity contribution >= 4 is 51.3 Å². The quantitative estimate of drug-likeness (QED) is 0.101. The van der Waals surface area contributed by atoms with Crippen molar-refractivity contribution in [2.45, 2.75) is 0 Å². The predicted octanol–water partition coefficient (Wildman–Crippen LogP) is 5.26. The highest BCUT2D eigenvalue weighted by molar-refractivity contribution is 6.44. The Bertz CT molecular complexity index is 2370. The molecular formula is C44H43N7O6. The van der Waals surface area contributed by atoms with Gasteiger partial charge in [0.25, 0.3) is 23.5 Å². The van der Waals surface area contributed by atoms with Crippen LogP contribution in [0.15, 0.2) is 122 Å². The van der Waals surface area contributed by atoms with Crippen molar-refractivity contribution in [3.05, 3.63) is 144 Å². The Labute approximate surface area is 330 Å². The fourth-order valence-corrected chi connectivity index (χ4v) is 6.76. The number of rotatable bonds is 6. The van der Waals surface area contributed by atoms with Crippen LogP contribution in [-0.2, 0) is 9.53 Å². The minimum absolute atomic E-state index is 0.0499. The van der Waals surface area contributed by atoms with Crippen LogP contribution in [0.1, 0.15) is 41.4 Å². The van der Waals surface area contributed by atoms with Gasteiger partial charge in [-0.05, 0) is 54.6 Å². The molecule has 6 aromatic rings. The van der Waals surface area contributed by atoms with E-state index < -0.39 is 11.7 Å². The fraction of sp³-hybridized carbons (Fsp3) is 0.227. The number of carbonyl (C=O) groups is 5. The number of amides is 3. The van der Waals surface area contributed by atoms with Gasteiger partial charge in [-0.15, -0.1) is 0 Å². The highest BCUT2D eigenvalue weighted by atomic mass is 16.5. The maximum Gasteiger partial charge on any atom is 0.338 e. The Hall–Kier alpha value is -7.04. The highest BCUT2D eigenvalue weighted by Gasteiger charge is 2.29. The monoisotopic (exact) mass is 765 g/mol.